The molecule has 3 amide bonds. The summed E-state index contributed by atoms with van der Waals surface area (Å²) in [6, 6.07) is 12.1. The van der Waals surface area contributed by atoms with Crippen molar-refractivity contribution in [3.63, 3.8) is 0 Å². The van der Waals surface area contributed by atoms with E-state index in [0.29, 0.717) is 42.5 Å². The first-order valence-corrected chi connectivity index (χ1v) is 10.1. The molecule has 0 heterocycles. The topological polar surface area (TPSA) is 97.0 Å². The van der Waals surface area contributed by atoms with Gasteiger partial charge in [-0.3, -0.25) is 14.4 Å². The first-order valence-electron chi connectivity index (χ1n) is 10.1. The zero-order chi connectivity index (χ0) is 22.8. The average Bonchev–Trinajstić information content (AvgIpc) is 2.73. The molecule has 0 bridgehead atoms. The molecule has 2 N–H and O–H groups in total. The van der Waals surface area contributed by atoms with Crippen molar-refractivity contribution in [1.82, 2.24) is 10.2 Å². The van der Waals surface area contributed by atoms with Gasteiger partial charge in [0, 0.05) is 31.8 Å². The van der Waals surface area contributed by atoms with E-state index in [9.17, 15) is 14.4 Å². The summed E-state index contributed by atoms with van der Waals surface area (Å²) in [4.78, 5) is 37.7. The number of nitrogens with one attached hydrogen (secondary N) is 2. The molecule has 0 aliphatic rings. The molecule has 0 atom stereocenters. The SMILES string of the molecule is CCOc1ccc(C(=O)NCC(=O)Nc2cccc(CN(C)C(C)=O)c2)cc1OCC. The van der Waals surface area contributed by atoms with Gasteiger partial charge in [-0.2, -0.15) is 0 Å². The van der Waals surface area contributed by atoms with Crippen LogP contribution in [0, 0.1) is 0 Å². The molecule has 0 unspecified atom stereocenters. The van der Waals surface area contributed by atoms with Crippen molar-refractivity contribution in [2.75, 3.05) is 32.1 Å². The van der Waals surface area contributed by atoms with Crippen LogP contribution in [-0.2, 0) is 16.1 Å². The van der Waals surface area contributed by atoms with Crippen molar-refractivity contribution in [3.05, 3.63) is 53.6 Å². The van der Waals surface area contributed by atoms with E-state index in [1.165, 1.54) is 6.92 Å². The molecule has 31 heavy (non-hydrogen) atoms. The monoisotopic (exact) mass is 427 g/mol. The number of hydrogen-bond acceptors (Lipinski definition) is 5. The minimum absolute atomic E-state index is 0.0427. The second-order valence-corrected chi connectivity index (χ2v) is 6.83. The molecule has 2 aromatic rings. The Bertz CT molecular complexity index is 929. The van der Waals surface area contributed by atoms with E-state index >= 15 is 0 Å². The number of carbonyl (C=O) groups excluding carboxylic acids is 3. The predicted octanol–water partition coefficient (Wildman–Crippen LogP) is 2.83. The number of benzene rings is 2. The molecule has 0 aliphatic heterocycles. The van der Waals surface area contributed by atoms with Crippen LogP contribution in [0.5, 0.6) is 11.5 Å². The first kappa shape index (κ1) is 23.7. The molecule has 8 nitrogen and oxygen atoms in total. The molecule has 0 fully saturated rings. The number of rotatable bonds is 10. The smallest absolute Gasteiger partial charge is 0.251 e. The molecule has 0 aromatic heterocycles. The van der Waals surface area contributed by atoms with Gasteiger partial charge in [0.15, 0.2) is 11.5 Å². The summed E-state index contributed by atoms with van der Waals surface area (Å²) in [5.41, 5.74) is 1.85. The normalized spacial score (nSPS) is 10.2. The third kappa shape index (κ3) is 7.33. The van der Waals surface area contributed by atoms with Crippen molar-refractivity contribution in [1.29, 1.82) is 0 Å². The summed E-state index contributed by atoms with van der Waals surface area (Å²) in [5.74, 6) is 0.249. The Morgan fingerprint density at radius 1 is 0.968 bits per heavy atom. The van der Waals surface area contributed by atoms with E-state index in [1.807, 2.05) is 19.9 Å². The van der Waals surface area contributed by atoms with Crippen molar-refractivity contribution in [2.45, 2.75) is 27.3 Å². The Morgan fingerprint density at radius 2 is 1.68 bits per heavy atom. The van der Waals surface area contributed by atoms with Gasteiger partial charge in [0.05, 0.1) is 19.8 Å². The van der Waals surface area contributed by atoms with Gasteiger partial charge in [-0.05, 0) is 49.7 Å². The van der Waals surface area contributed by atoms with Gasteiger partial charge >= 0.3 is 0 Å². The summed E-state index contributed by atoms with van der Waals surface area (Å²) in [5, 5.41) is 5.35. The van der Waals surface area contributed by atoms with Crippen molar-refractivity contribution in [3.8, 4) is 11.5 Å². The van der Waals surface area contributed by atoms with Gasteiger partial charge in [0.2, 0.25) is 11.8 Å². The number of amides is 3. The highest BCUT2D eigenvalue weighted by Crippen LogP contribution is 2.28. The quantitative estimate of drug-likeness (QED) is 0.608. The van der Waals surface area contributed by atoms with Crippen molar-refractivity contribution in [2.24, 2.45) is 0 Å². The van der Waals surface area contributed by atoms with Crippen LogP contribution in [-0.4, -0.2) is 49.4 Å². The Kier molecular flexibility index (Phi) is 8.87. The van der Waals surface area contributed by atoms with E-state index < -0.39 is 5.91 Å². The van der Waals surface area contributed by atoms with E-state index in [1.54, 1.807) is 48.3 Å². The van der Waals surface area contributed by atoms with Gasteiger partial charge in [0.1, 0.15) is 0 Å². The van der Waals surface area contributed by atoms with Crippen LogP contribution in [0.15, 0.2) is 42.5 Å². The fourth-order valence-corrected chi connectivity index (χ4v) is 2.79. The molecule has 0 saturated heterocycles. The zero-order valence-corrected chi connectivity index (χ0v) is 18.4. The minimum Gasteiger partial charge on any atom is -0.490 e. The maximum absolute atomic E-state index is 12.4. The van der Waals surface area contributed by atoms with Crippen LogP contribution < -0.4 is 20.1 Å². The van der Waals surface area contributed by atoms with Gasteiger partial charge in [0.25, 0.3) is 5.91 Å². The van der Waals surface area contributed by atoms with Crippen molar-refractivity contribution >= 4 is 23.4 Å². The second kappa shape index (κ2) is 11.6. The highest BCUT2D eigenvalue weighted by Gasteiger charge is 2.13. The number of nitrogens with zero attached hydrogens (tertiary/aromatic N) is 1. The number of carbonyl (C=O) groups is 3. The Morgan fingerprint density at radius 3 is 2.35 bits per heavy atom. The number of hydrogen-bond donors (Lipinski definition) is 2. The molecule has 2 rings (SSSR count). The highest BCUT2D eigenvalue weighted by molar-refractivity contribution is 5.99. The van der Waals surface area contributed by atoms with Crippen molar-refractivity contribution < 1.29 is 23.9 Å². The fourth-order valence-electron chi connectivity index (χ4n) is 2.79. The summed E-state index contributed by atoms with van der Waals surface area (Å²) in [7, 11) is 1.71. The summed E-state index contributed by atoms with van der Waals surface area (Å²) in [6.45, 7) is 6.39. The van der Waals surface area contributed by atoms with E-state index in [0.717, 1.165) is 5.56 Å². The molecule has 0 spiro atoms. The fraction of sp³-hybridized carbons (Fsp3) is 0.348. The molecule has 0 aliphatic carbocycles. The minimum atomic E-state index is -0.393. The Labute approximate surface area is 182 Å². The summed E-state index contributed by atoms with van der Waals surface area (Å²) in [6.07, 6.45) is 0. The van der Waals surface area contributed by atoms with Gasteiger partial charge in [-0.1, -0.05) is 12.1 Å². The molecule has 0 saturated carbocycles. The maximum Gasteiger partial charge on any atom is 0.251 e. The summed E-state index contributed by atoms with van der Waals surface area (Å²) < 4.78 is 11.0. The van der Waals surface area contributed by atoms with Crippen LogP contribution in [0.2, 0.25) is 0 Å². The third-order valence-corrected chi connectivity index (χ3v) is 4.38. The molecular formula is C23H29N3O5. The van der Waals surface area contributed by atoms with E-state index in [2.05, 4.69) is 10.6 Å². The predicted molar refractivity (Wildman–Crippen MR) is 118 cm³/mol. The van der Waals surface area contributed by atoms with E-state index in [4.69, 9.17) is 9.47 Å². The Balaban J connectivity index is 1.94. The molecule has 0 radical (unpaired) electrons. The lowest BCUT2D eigenvalue weighted by molar-refractivity contribution is -0.128. The molecule has 166 valence electrons. The lowest BCUT2D eigenvalue weighted by Gasteiger charge is -2.15. The molecular weight excluding hydrogens is 398 g/mol. The van der Waals surface area contributed by atoms with Gasteiger partial charge < -0.3 is 25.0 Å². The second-order valence-electron chi connectivity index (χ2n) is 6.83. The highest BCUT2D eigenvalue weighted by atomic mass is 16.5. The van der Waals surface area contributed by atoms with E-state index in [-0.39, 0.29) is 18.4 Å². The number of ether oxygens (including phenoxy) is 2. The van der Waals surface area contributed by atoms with Gasteiger partial charge in [-0.25, -0.2) is 0 Å². The largest absolute Gasteiger partial charge is 0.490 e. The van der Waals surface area contributed by atoms with Gasteiger partial charge in [-0.15, -0.1) is 0 Å². The number of anilines is 1. The first-order chi connectivity index (χ1) is 14.8. The van der Waals surface area contributed by atoms with Crippen LogP contribution in [0.4, 0.5) is 5.69 Å². The molecule has 2 aromatic carbocycles. The van der Waals surface area contributed by atoms with Crippen LogP contribution >= 0.6 is 0 Å². The summed E-state index contributed by atoms with van der Waals surface area (Å²) >= 11 is 0. The molecule has 8 heteroatoms. The lowest BCUT2D eigenvalue weighted by Crippen LogP contribution is -2.32. The van der Waals surface area contributed by atoms with Crippen LogP contribution in [0.25, 0.3) is 0 Å². The maximum atomic E-state index is 12.4. The average molecular weight is 428 g/mol. The van der Waals surface area contributed by atoms with Crippen LogP contribution in [0.3, 0.4) is 0 Å². The third-order valence-electron chi connectivity index (χ3n) is 4.38. The zero-order valence-electron chi connectivity index (χ0n) is 18.4. The lowest BCUT2D eigenvalue weighted by atomic mass is 10.2. The standard InChI is InChI=1S/C23H29N3O5/c1-5-30-20-11-10-18(13-21(20)31-6-2)23(29)24-14-22(28)25-19-9-7-8-17(12-19)15-26(4)16(3)27/h7-13H,5-6,14-15H2,1-4H3,(H,24,29)(H,25,28). The van der Waals surface area contributed by atoms with Crippen LogP contribution in [0.1, 0.15) is 36.7 Å². The Hall–Kier alpha value is -3.55.